The number of nitrogens with zero attached hydrogens (tertiary/aromatic N) is 1. The van der Waals surface area contributed by atoms with Crippen molar-refractivity contribution in [2.24, 2.45) is 0 Å². The van der Waals surface area contributed by atoms with Gasteiger partial charge in [0.1, 0.15) is 12.7 Å². The summed E-state index contributed by atoms with van der Waals surface area (Å²) in [6.07, 6.45) is -3.32. The van der Waals surface area contributed by atoms with Crippen LogP contribution in [0.4, 0.5) is 0 Å². The Morgan fingerprint density at radius 1 is 0.727 bits per heavy atom. The van der Waals surface area contributed by atoms with Gasteiger partial charge in [0.25, 0.3) is 0 Å². The van der Waals surface area contributed by atoms with Crippen LogP contribution in [0.25, 0.3) is 0 Å². The van der Waals surface area contributed by atoms with E-state index in [-0.39, 0.29) is 30.0 Å². The lowest BCUT2D eigenvalue weighted by Crippen LogP contribution is -2.41. The number of esters is 4. The molecular weight excluding hydrogens is 606 g/mol. The van der Waals surface area contributed by atoms with Crippen molar-refractivity contribution in [1.82, 2.24) is 4.98 Å². The van der Waals surface area contributed by atoms with E-state index in [0.717, 1.165) is 11.8 Å². The van der Waals surface area contributed by atoms with Crippen molar-refractivity contribution in [3.05, 3.63) is 119 Å². The number of thioether (sulfide) groups is 1. The van der Waals surface area contributed by atoms with Crippen molar-refractivity contribution in [1.29, 1.82) is 0 Å². The molecule has 1 saturated heterocycles. The summed E-state index contributed by atoms with van der Waals surface area (Å²) in [7, 11) is 0. The highest BCUT2D eigenvalue weighted by Crippen LogP contribution is 2.39. The number of carbonyl (C=O) groups is 4. The second kappa shape index (κ2) is 14.8. The number of rotatable bonds is 11. The molecule has 4 atom stereocenters. The molecule has 0 aliphatic carbocycles. The molecule has 3 aromatic carbocycles. The lowest BCUT2D eigenvalue weighted by molar-refractivity contribution is -0.0435. The third-order valence-electron chi connectivity index (χ3n) is 6.35. The van der Waals surface area contributed by atoms with E-state index in [0.29, 0.717) is 9.90 Å². The van der Waals surface area contributed by atoms with Crippen LogP contribution in [0, 0.1) is 0 Å². The molecule has 0 unspecified atom stereocenters. The molecule has 226 valence electrons. The van der Waals surface area contributed by atoms with E-state index in [1.54, 1.807) is 103 Å². The molecule has 10 nitrogen and oxygen atoms in total. The zero-order valence-electron chi connectivity index (χ0n) is 23.4. The van der Waals surface area contributed by atoms with Crippen molar-refractivity contribution in [2.45, 2.75) is 35.0 Å². The third-order valence-corrected chi connectivity index (χ3v) is 8.46. The number of ether oxygens (including phenoxy) is 5. The largest absolute Gasteiger partial charge is 0.461 e. The summed E-state index contributed by atoms with van der Waals surface area (Å²) in [6.45, 7) is 1.59. The molecule has 0 amide bonds. The Hall–Kier alpha value is -4.52. The summed E-state index contributed by atoms with van der Waals surface area (Å²) in [5.74, 6) is -2.52. The van der Waals surface area contributed by atoms with Crippen molar-refractivity contribution in [3.63, 3.8) is 0 Å². The Bertz CT molecular complexity index is 1580. The minimum atomic E-state index is -1.17. The summed E-state index contributed by atoms with van der Waals surface area (Å²) in [5.41, 5.74) is 0.0574. The van der Waals surface area contributed by atoms with Crippen LogP contribution in [-0.2, 0) is 23.7 Å². The first-order chi connectivity index (χ1) is 21.4. The molecule has 1 aromatic heterocycles. The van der Waals surface area contributed by atoms with Crippen LogP contribution in [0.5, 0.6) is 0 Å². The van der Waals surface area contributed by atoms with E-state index < -0.39 is 47.6 Å². The van der Waals surface area contributed by atoms with Crippen LogP contribution in [0.3, 0.4) is 0 Å². The summed E-state index contributed by atoms with van der Waals surface area (Å²) >= 11 is 2.26. The van der Waals surface area contributed by atoms with Crippen LogP contribution >= 0.6 is 23.1 Å². The Morgan fingerprint density at radius 2 is 1.25 bits per heavy atom. The van der Waals surface area contributed by atoms with E-state index >= 15 is 0 Å². The SMILES string of the molecule is CCOC(=O)c1csc(S[C@@H]2O[C@H](COC(=O)c3ccccc3)[C@@H](OC(=O)c3ccccc3)[C@H]2OC(=O)c2ccccc2)n1. The number of benzene rings is 3. The maximum Gasteiger partial charge on any atom is 0.357 e. The maximum absolute atomic E-state index is 13.2. The summed E-state index contributed by atoms with van der Waals surface area (Å²) in [4.78, 5) is 55.7. The molecular formula is C32H27NO9S2. The molecule has 0 radical (unpaired) electrons. The van der Waals surface area contributed by atoms with Gasteiger partial charge in [-0.15, -0.1) is 11.3 Å². The van der Waals surface area contributed by atoms with Gasteiger partial charge in [0.05, 0.1) is 23.3 Å². The van der Waals surface area contributed by atoms with Gasteiger partial charge in [-0.05, 0) is 43.3 Å². The maximum atomic E-state index is 13.2. The average Bonchev–Trinajstić information content (AvgIpc) is 3.66. The van der Waals surface area contributed by atoms with Gasteiger partial charge in [-0.25, -0.2) is 24.2 Å². The van der Waals surface area contributed by atoms with E-state index in [4.69, 9.17) is 23.7 Å². The van der Waals surface area contributed by atoms with E-state index in [9.17, 15) is 19.2 Å². The zero-order chi connectivity index (χ0) is 30.9. The molecule has 1 aliphatic rings. The Morgan fingerprint density at radius 3 is 1.80 bits per heavy atom. The zero-order valence-corrected chi connectivity index (χ0v) is 25.0. The fourth-order valence-corrected chi connectivity index (χ4v) is 6.30. The fourth-order valence-electron chi connectivity index (χ4n) is 4.24. The number of aromatic nitrogens is 1. The number of hydrogen-bond acceptors (Lipinski definition) is 12. The minimum Gasteiger partial charge on any atom is -0.461 e. The Balaban J connectivity index is 1.43. The van der Waals surface area contributed by atoms with Crippen molar-refractivity contribution < 1.29 is 42.9 Å². The molecule has 12 heteroatoms. The number of carbonyl (C=O) groups excluding carboxylic acids is 4. The average molecular weight is 634 g/mol. The molecule has 1 fully saturated rings. The van der Waals surface area contributed by atoms with Crippen molar-refractivity contribution in [3.8, 4) is 0 Å². The molecule has 0 saturated carbocycles. The van der Waals surface area contributed by atoms with Gasteiger partial charge in [-0.1, -0.05) is 66.4 Å². The molecule has 5 rings (SSSR count). The lowest BCUT2D eigenvalue weighted by atomic mass is 10.1. The Kier molecular flexibility index (Phi) is 10.4. The third kappa shape index (κ3) is 7.70. The lowest BCUT2D eigenvalue weighted by Gasteiger charge is -2.24. The molecule has 4 aromatic rings. The standard InChI is InChI=1S/C32H27NO9S2/c1-2-38-30(37)23-19-43-32(33-23)44-31-26(42-29(36)22-16-10-5-11-17-22)25(41-28(35)21-14-8-4-9-15-21)24(40-31)18-39-27(34)20-12-6-3-7-13-20/h3-17,19,24-26,31H,2,18H2,1H3/t24-,25-,26-,31+/m1/s1. The van der Waals surface area contributed by atoms with Crippen LogP contribution in [0.2, 0.25) is 0 Å². The van der Waals surface area contributed by atoms with E-state index in [2.05, 4.69) is 4.98 Å². The molecule has 0 bridgehead atoms. The first-order valence-electron chi connectivity index (χ1n) is 13.6. The van der Waals surface area contributed by atoms with Gasteiger partial charge in [-0.2, -0.15) is 0 Å². The van der Waals surface area contributed by atoms with Crippen LogP contribution < -0.4 is 0 Å². The number of thiazole rings is 1. The first kappa shape index (κ1) is 30.9. The summed E-state index contributed by atoms with van der Waals surface area (Å²) in [6, 6.07) is 25.1. The minimum absolute atomic E-state index is 0.121. The highest BCUT2D eigenvalue weighted by molar-refractivity contribution is 8.01. The van der Waals surface area contributed by atoms with Crippen LogP contribution in [0.15, 0.2) is 101 Å². The Labute approximate surface area is 261 Å². The predicted molar refractivity (Wildman–Crippen MR) is 161 cm³/mol. The monoisotopic (exact) mass is 633 g/mol. The van der Waals surface area contributed by atoms with Crippen molar-refractivity contribution >= 4 is 47.0 Å². The molecule has 0 spiro atoms. The predicted octanol–water partition coefficient (Wildman–Crippen LogP) is 5.45. The smallest absolute Gasteiger partial charge is 0.357 e. The second-order valence-corrected chi connectivity index (χ2v) is 11.5. The van der Waals surface area contributed by atoms with Gasteiger partial charge in [0.2, 0.25) is 0 Å². The van der Waals surface area contributed by atoms with Gasteiger partial charge >= 0.3 is 23.9 Å². The highest BCUT2D eigenvalue weighted by Gasteiger charge is 2.51. The van der Waals surface area contributed by atoms with Gasteiger partial charge < -0.3 is 23.7 Å². The topological polar surface area (TPSA) is 127 Å². The van der Waals surface area contributed by atoms with E-state index in [1.165, 1.54) is 11.3 Å². The molecule has 1 aliphatic heterocycles. The second-order valence-electron chi connectivity index (χ2n) is 9.32. The first-order valence-corrected chi connectivity index (χ1v) is 15.4. The normalized spacial score (nSPS) is 19.1. The summed E-state index contributed by atoms with van der Waals surface area (Å²) in [5, 5.41) is 1.55. The van der Waals surface area contributed by atoms with Crippen molar-refractivity contribution in [2.75, 3.05) is 13.2 Å². The molecule has 44 heavy (non-hydrogen) atoms. The van der Waals surface area contributed by atoms with E-state index in [1.807, 2.05) is 0 Å². The molecule has 2 heterocycles. The van der Waals surface area contributed by atoms with Gasteiger partial charge in [-0.3, -0.25) is 0 Å². The number of hydrogen-bond donors (Lipinski definition) is 0. The van der Waals surface area contributed by atoms with Crippen LogP contribution in [-0.4, -0.2) is 65.8 Å². The summed E-state index contributed by atoms with van der Waals surface area (Å²) < 4.78 is 29.1. The van der Waals surface area contributed by atoms with Gasteiger partial charge in [0, 0.05) is 5.38 Å². The molecule has 0 N–H and O–H groups in total. The quantitative estimate of drug-likeness (QED) is 0.155. The van der Waals surface area contributed by atoms with Crippen LogP contribution in [0.1, 0.15) is 48.5 Å². The highest BCUT2D eigenvalue weighted by atomic mass is 32.2. The van der Waals surface area contributed by atoms with Gasteiger partial charge in [0.15, 0.2) is 27.7 Å². The fraction of sp³-hybridized carbons (Fsp3) is 0.219.